The average molecular weight is 265 g/mol. The Balaban J connectivity index is 2.15. The zero-order valence-corrected chi connectivity index (χ0v) is 10.4. The molecule has 0 unspecified atom stereocenters. The van der Waals surface area contributed by atoms with E-state index < -0.39 is 5.97 Å². The minimum atomic E-state index is -1.15. The largest absolute Gasteiger partial charge is 0.507 e. The molecule has 0 aliphatic heterocycles. The first kappa shape index (κ1) is 12.2. The van der Waals surface area contributed by atoms with Gasteiger partial charge in [0.2, 0.25) is 0 Å². The van der Waals surface area contributed by atoms with E-state index in [0.29, 0.717) is 5.56 Å². The number of nitrogens with zero attached hydrogens (tertiary/aromatic N) is 1. The molecule has 3 aromatic rings. The predicted octanol–water partition coefficient (Wildman–Crippen LogP) is 3.31. The number of fused-ring (bicyclic) bond motifs is 1. The van der Waals surface area contributed by atoms with Crippen LogP contribution in [0.15, 0.2) is 54.7 Å². The first-order valence-corrected chi connectivity index (χ1v) is 6.06. The summed E-state index contributed by atoms with van der Waals surface area (Å²) >= 11 is 0. The topological polar surface area (TPSA) is 70.4 Å². The Morgan fingerprint density at radius 1 is 1.00 bits per heavy atom. The van der Waals surface area contributed by atoms with E-state index in [1.807, 2.05) is 30.3 Å². The molecule has 0 fully saturated rings. The van der Waals surface area contributed by atoms with Crippen LogP contribution in [0.3, 0.4) is 0 Å². The van der Waals surface area contributed by atoms with E-state index in [0.717, 1.165) is 16.5 Å². The van der Waals surface area contributed by atoms with Gasteiger partial charge in [0.05, 0.1) is 5.52 Å². The number of benzene rings is 2. The summed E-state index contributed by atoms with van der Waals surface area (Å²) in [6.45, 7) is 0. The highest BCUT2D eigenvalue weighted by Crippen LogP contribution is 2.27. The number of aromatic carboxylic acids is 1. The van der Waals surface area contributed by atoms with E-state index in [4.69, 9.17) is 5.11 Å². The third kappa shape index (κ3) is 2.07. The maximum Gasteiger partial charge on any atom is 0.339 e. The van der Waals surface area contributed by atoms with Gasteiger partial charge in [-0.15, -0.1) is 0 Å². The van der Waals surface area contributed by atoms with Crippen molar-refractivity contribution in [2.24, 2.45) is 0 Å². The Bertz CT molecular complexity index is 812. The summed E-state index contributed by atoms with van der Waals surface area (Å²) in [4.78, 5) is 15.4. The van der Waals surface area contributed by atoms with Crippen LogP contribution in [0.1, 0.15) is 10.4 Å². The normalized spacial score (nSPS) is 10.6. The fraction of sp³-hybridized carbons (Fsp3) is 0. The lowest BCUT2D eigenvalue weighted by Crippen LogP contribution is -1.97. The molecule has 3 rings (SSSR count). The maximum atomic E-state index is 11.0. The highest BCUT2D eigenvalue weighted by atomic mass is 16.4. The monoisotopic (exact) mass is 265 g/mol. The number of rotatable bonds is 2. The van der Waals surface area contributed by atoms with Gasteiger partial charge in [0.1, 0.15) is 11.3 Å². The van der Waals surface area contributed by atoms with E-state index >= 15 is 0 Å². The van der Waals surface area contributed by atoms with E-state index in [1.165, 1.54) is 12.1 Å². The van der Waals surface area contributed by atoms with Crippen LogP contribution in [0.2, 0.25) is 0 Å². The fourth-order valence-electron chi connectivity index (χ4n) is 2.12. The Labute approximate surface area is 115 Å². The van der Waals surface area contributed by atoms with Crippen molar-refractivity contribution >= 4 is 16.9 Å². The van der Waals surface area contributed by atoms with Crippen molar-refractivity contribution in [2.45, 2.75) is 0 Å². The van der Waals surface area contributed by atoms with Crippen molar-refractivity contribution in [1.29, 1.82) is 0 Å². The second-order valence-corrected chi connectivity index (χ2v) is 4.45. The molecular weight excluding hydrogens is 254 g/mol. The quantitative estimate of drug-likeness (QED) is 0.745. The summed E-state index contributed by atoms with van der Waals surface area (Å²) < 4.78 is 0. The van der Waals surface area contributed by atoms with Crippen LogP contribution in [-0.4, -0.2) is 21.2 Å². The van der Waals surface area contributed by atoms with Crippen LogP contribution in [-0.2, 0) is 0 Å². The van der Waals surface area contributed by atoms with Crippen molar-refractivity contribution in [3.63, 3.8) is 0 Å². The zero-order chi connectivity index (χ0) is 14.1. The number of phenols is 1. The molecule has 4 heteroatoms. The molecule has 0 aliphatic carbocycles. The number of aromatic hydroxyl groups is 1. The lowest BCUT2D eigenvalue weighted by Gasteiger charge is -2.06. The third-order valence-corrected chi connectivity index (χ3v) is 3.15. The van der Waals surface area contributed by atoms with Gasteiger partial charge in [-0.1, -0.05) is 24.3 Å². The first-order chi connectivity index (χ1) is 9.65. The summed E-state index contributed by atoms with van der Waals surface area (Å²) in [5, 5.41) is 19.5. The van der Waals surface area contributed by atoms with Gasteiger partial charge in [0, 0.05) is 17.1 Å². The van der Waals surface area contributed by atoms with Crippen LogP contribution in [0, 0.1) is 0 Å². The van der Waals surface area contributed by atoms with Crippen molar-refractivity contribution in [3.8, 4) is 16.9 Å². The molecule has 0 saturated heterocycles. The molecule has 0 amide bonds. The first-order valence-electron chi connectivity index (χ1n) is 6.06. The molecule has 98 valence electrons. The van der Waals surface area contributed by atoms with Crippen LogP contribution in [0.5, 0.6) is 5.75 Å². The van der Waals surface area contributed by atoms with Gasteiger partial charge in [-0.2, -0.15) is 0 Å². The van der Waals surface area contributed by atoms with E-state index in [9.17, 15) is 9.90 Å². The highest BCUT2D eigenvalue weighted by Gasteiger charge is 2.11. The van der Waals surface area contributed by atoms with E-state index in [1.54, 1.807) is 12.3 Å². The summed E-state index contributed by atoms with van der Waals surface area (Å²) in [7, 11) is 0. The molecule has 0 atom stereocenters. The molecule has 4 nitrogen and oxygen atoms in total. The zero-order valence-electron chi connectivity index (χ0n) is 10.4. The molecule has 0 aliphatic rings. The average Bonchev–Trinajstić information content (AvgIpc) is 2.47. The van der Waals surface area contributed by atoms with Crippen LogP contribution in [0.25, 0.3) is 22.0 Å². The van der Waals surface area contributed by atoms with Crippen LogP contribution in [0.4, 0.5) is 0 Å². The Kier molecular flexibility index (Phi) is 2.84. The number of aromatic nitrogens is 1. The maximum absolute atomic E-state index is 11.0. The molecule has 1 heterocycles. The number of carbonyl (C=O) groups is 1. The molecule has 2 aromatic carbocycles. The number of hydrogen-bond donors (Lipinski definition) is 2. The molecule has 2 N–H and O–H groups in total. The van der Waals surface area contributed by atoms with Gasteiger partial charge < -0.3 is 10.2 Å². The van der Waals surface area contributed by atoms with Gasteiger partial charge in [-0.25, -0.2) is 4.79 Å². The lowest BCUT2D eigenvalue weighted by molar-refractivity contribution is 0.0694. The van der Waals surface area contributed by atoms with Crippen LogP contribution >= 0.6 is 0 Å². The summed E-state index contributed by atoms with van der Waals surface area (Å²) in [6.07, 6.45) is 1.69. The minimum Gasteiger partial charge on any atom is -0.507 e. The van der Waals surface area contributed by atoms with Gasteiger partial charge in [0.15, 0.2) is 0 Å². The van der Waals surface area contributed by atoms with Crippen molar-refractivity contribution in [2.75, 3.05) is 0 Å². The second kappa shape index (κ2) is 4.66. The number of carboxylic acids is 1. The standard InChI is InChI=1S/C16H11NO3/c18-15-6-5-10(8-13(15)16(19)20)12-7-11-3-1-2-4-14(11)17-9-12/h1-9,18H,(H,19,20). The molecular formula is C16H11NO3. The lowest BCUT2D eigenvalue weighted by atomic mass is 10.0. The molecule has 1 aromatic heterocycles. The van der Waals surface area contributed by atoms with Crippen molar-refractivity contribution in [1.82, 2.24) is 4.98 Å². The molecule has 0 bridgehead atoms. The molecule has 0 saturated carbocycles. The Morgan fingerprint density at radius 3 is 2.60 bits per heavy atom. The molecule has 0 radical (unpaired) electrons. The van der Waals surface area contributed by atoms with E-state index in [-0.39, 0.29) is 11.3 Å². The van der Waals surface area contributed by atoms with Gasteiger partial charge in [-0.3, -0.25) is 4.98 Å². The fourth-order valence-corrected chi connectivity index (χ4v) is 2.12. The second-order valence-electron chi connectivity index (χ2n) is 4.45. The Morgan fingerprint density at radius 2 is 1.80 bits per heavy atom. The number of pyridine rings is 1. The highest BCUT2D eigenvalue weighted by molar-refractivity contribution is 5.93. The van der Waals surface area contributed by atoms with Crippen LogP contribution < -0.4 is 0 Å². The van der Waals surface area contributed by atoms with Crippen molar-refractivity contribution in [3.05, 3.63) is 60.3 Å². The minimum absolute atomic E-state index is 0.115. The predicted molar refractivity (Wildman–Crippen MR) is 75.8 cm³/mol. The van der Waals surface area contributed by atoms with Gasteiger partial charge in [-0.05, 0) is 29.8 Å². The Hall–Kier alpha value is -2.88. The van der Waals surface area contributed by atoms with Gasteiger partial charge >= 0.3 is 5.97 Å². The summed E-state index contributed by atoms with van der Waals surface area (Å²) in [6, 6.07) is 14.2. The van der Waals surface area contributed by atoms with E-state index in [2.05, 4.69) is 4.98 Å². The summed E-state index contributed by atoms with van der Waals surface area (Å²) in [5.41, 5.74) is 2.29. The number of hydrogen-bond acceptors (Lipinski definition) is 3. The SMILES string of the molecule is O=C(O)c1cc(-c2cnc3ccccc3c2)ccc1O. The summed E-state index contributed by atoms with van der Waals surface area (Å²) in [5.74, 6) is -1.40. The molecule has 20 heavy (non-hydrogen) atoms. The molecule has 0 spiro atoms. The number of carboxylic acid groups (broad SMARTS) is 1. The third-order valence-electron chi connectivity index (χ3n) is 3.15. The number of para-hydroxylation sites is 1. The van der Waals surface area contributed by atoms with Gasteiger partial charge in [0.25, 0.3) is 0 Å². The van der Waals surface area contributed by atoms with Crippen molar-refractivity contribution < 1.29 is 15.0 Å². The smallest absolute Gasteiger partial charge is 0.339 e.